The summed E-state index contributed by atoms with van der Waals surface area (Å²) in [6, 6.07) is 18.2. The number of rotatable bonds is 9. The molecule has 0 aliphatic carbocycles. The van der Waals surface area contributed by atoms with Crippen LogP contribution < -0.4 is 5.32 Å². The van der Waals surface area contributed by atoms with Crippen LogP contribution in [0.3, 0.4) is 0 Å². The van der Waals surface area contributed by atoms with Gasteiger partial charge in [0.15, 0.2) is 5.69 Å². The summed E-state index contributed by atoms with van der Waals surface area (Å²) in [7, 11) is 0. The van der Waals surface area contributed by atoms with Crippen LogP contribution in [0.4, 0.5) is 13.2 Å². The third-order valence-corrected chi connectivity index (χ3v) is 5.65. The topological polar surface area (TPSA) is 71.5 Å². The summed E-state index contributed by atoms with van der Waals surface area (Å²) in [5, 5.41) is 2.69. The van der Waals surface area contributed by atoms with E-state index in [-0.39, 0.29) is 42.8 Å². The molecule has 2 heterocycles. The number of halogens is 3. The average Bonchev–Trinajstić information content (AvgIpc) is 3.54. The molecule has 0 radical (unpaired) electrons. The molecule has 1 unspecified atom stereocenters. The van der Waals surface area contributed by atoms with Crippen molar-refractivity contribution in [1.29, 1.82) is 0 Å². The minimum absolute atomic E-state index is 0.00808. The summed E-state index contributed by atoms with van der Waals surface area (Å²) in [5.74, 6) is 0.371. The highest BCUT2D eigenvalue weighted by Gasteiger charge is 2.34. The van der Waals surface area contributed by atoms with Gasteiger partial charge in [0.2, 0.25) is 5.89 Å². The Bertz CT molecular complexity index is 1240. The van der Waals surface area contributed by atoms with E-state index in [1.807, 2.05) is 42.2 Å². The summed E-state index contributed by atoms with van der Waals surface area (Å²) in [5.41, 5.74) is 0.468. The number of carbonyl (C=O) groups is 1. The number of alkyl halides is 3. The summed E-state index contributed by atoms with van der Waals surface area (Å²) in [6.45, 7) is 2.22. The molecule has 0 fully saturated rings. The Morgan fingerprint density at radius 1 is 1.00 bits per heavy atom. The van der Waals surface area contributed by atoms with Crippen LogP contribution in [0.2, 0.25) is 0 Å². The van der Waals surface area contributed by atoms with Gasteiger partial charge < -0.3 is 14.2 Å². The van der Waals surface area contributed by atoms with Gasteiger partial charge in [0.25, 0.3) is 5.91 Å². The molecule has 1 atom stereocenters. The maximum absolute atomic E-state index is 13.6. The normalized spacial score (nSPS) is 12.6. The highest BCUT2D eigenvalue weighted by Crippen LogP contribution is 2.34. The van der Waals surface area contributed by atoms with E-state index in [0.29, 0.717) is 5.76 Å². The number of oxazole rings is 1. The van der Waals surface area contributed by atoms with Crippen LogP contribution in [-0.4, -0.2) is 15.8 Å². The molecule has 4 aromatic rings. The molecule has 2 aromatic carbocycles. The average molecular weight is 483 g/mol. The molecular formula is C26H24F3N3O3. The highest BCUT2D eigenvalue weighted by molar-refractivity contribution is 5.91. The molecule has 0 aliphatic heterocycles. The smallest absolute Gasteiger partial charge is 0.416 e. The molecule has 35 heavy (non-hydrogen) atoms. The van der Waals surface area contributed by atoms with Gasteiger partial charge in [-0.05, 0) is 36.2 Å². The fourth-order valence-electron chi connectivity index (χ4n) is 3.76. The molecule has 0 aliphatic rings. The Hall–Kier alpha value is -3.85. The Morgan fingerprint density at radius 3 is 2.46 bits per heavy atom. The number of hydrogen-bond donors (Lipinski definition) is 1. The predicted octanol–water partition coefficient (Wildman–Crippen LogP) is 5.98. The molecule has 2 aromatic heterocycles. The number of furan rings is 1. The van der Waals surface area contributed by atoms with Gasteiger partial charge in [0.1, 0.15) is 12.0 Å². The van der Waals surface area contributed by atoms with Crippen molar-refractivity contribution in [3.8, 4) is 0 Å². The molecule has 1 N–H and O–H groups in total. The lowest BCUT2D eigenvalue weighted by atomic mass is 10.0. The summed E-state index contributed by atoms with van der Waals surface area (Å²) >= 11 is 0. The van der Waals surface area contributed by atoms with Crippen molar-refractivity contribution in [1.82, 2.24) is 15.2 Å². The van der Waals surface area contributed by atoms with E-state index in [1.54, 1.807) is 18.2 Å². The van der Waals surface area contributed by atoms with Crippen LogP contribution in [0.25, 0.3) is 0 Å². The second-order valence-corrected chi connectivity index (χ2v) is 8.04. The molecule has 4 rings (SSSR count). The van der Waals surface area contributed by atoms with Gasteiger partial charge >= 0.3 is 6.18 Å². The van der Waals surface area contributed by atoms with Crippen molar-refractivity contribution >= 4 is 5.91 Å². The van der Waals surface area contributed by atoms with Gasteiger partial charge in [0.05, 0.1) is 24.9 Å². The van der Waals surface area contributed by atoms with Crippen LogP contribution in [0, 0.1) is 0 Å². The second-order valence-electron chi connectivity index (χ2n) is 8.04. The fraction of sp³-hybridized carbons (Fsp3) is 0.231. The van der Waals surface area contributed by atoms with Crippen LogP contribution in [-0.2, 0) is 25.8 Å². The summed E-state index contributed by atoms with van der Waals surface area (Å²) < 4.78 is 51.6. The van der Waals surface area contributed by atoms with E-state index in [1.165, 1.54) is 24.7 Å². The Kier molecular flexibility index (Phi) is 7.36. The van der Waals surface area contributed by atoms with Gasteiger partial charge in [0, 0.05) is 12.6 Å². The van der Waals surface area contributed by atoms with Crippen LogP contribution in [0.1, 0.15) is 51.8 Å². The molecule has 0 bridgehead atoms. The lowest BCUT2D eigenvalue weighted by molar-refractivity contribution is -0.138. The van der Waals surface area contributed by atoms with Crippen molar-refractivity contribution in [2.75, 3.05) is 0 Å². The number of benzene rings is 2. The van der Waals surface area contributed by atoms with Crippen molar-refractivity contribution in [3.63, 3.8) is 0 Å². The van der Waals surface area contributed by atoms with Crippen molar-refractivity contribution < 1.29 is 26.8 Å². The Labute approximate surface area is 200 Å². The van der Waals surface area contributed by atoms with Gasteiger partial charge in [-0.25, -0.2) is 4.98 Å². The first-order valence-corrected chi connectivity index (χ1v) is 11.0. The number of nitrogens with zero attached hydrogens (tertiary/aromatic N) is 2. The lowest BCUT2D eigenvalue weighted by Gasteiger charge is -2.29. The minimum Gasteiger partial charge on any atom is -0.467 e. The molecular weight excluding hydrogens is 459 g/mol. The largest absolute Gasteiger partial charge is 0.467 e. The van der Waals surface area contributed by atoms with Gasteiger partial charge in [-0.2, -0.15) is 13.2 Å². The second kappa shape index (κ2) is 10.6. The standard InChI is InChI=1S/C26H24F3N3O3/c1-18(19-8-3-2-4-9-19)32(15-20-10-5-6-12-22(20)26(27,28)29)16-24-31-23(17-35-24)25(33)30-14-21-11-7-13-34-21/h2-13,17-18H,14-16H2,1H3,(H,30,33). The third kappa shape index (κ3) is 6.19. The van der Waals surface area contributed by atoms with Crippen molar-refractivity contribution in [3.05, 3.63) is 113 Å². The summed E-state index contributed by atoms with van der Waals surface area (Å²) in [6.07, 6.45) is -1.72. The predicted molar refractivity (Wildman–Crippen MR) is 122 cm³/mol. The van der Waals surface area contributed by atoms with E-state index in [9.17, 15) is 18.0 Å². The Balaban J connectivity index is 1.54. The SMILES string of the molecule is CC(c1ccccc1)N(Cc1nc(C(=O)NCc2ccco2)co1)Cc1ccccc1C(F)(F)F. The van der Waals surface area contributed by atoms with Gasteiger partial charge in [-0.1, -0.05) is 48.5 Å². The molecule has 0 saturated carbocycles. The first-order chi connectivity index (χ1) is 16.8. The zero-order chi connectivity index (χ0) is 24.8. The highest BCUT2D eigenvalue weighted by atomic mass is 19.4. The van der Waals surface area contributed by atoms with Crippen LogP contribution >= 0.6 is 0 Å². The number of hydrogen-bond acceptors (Lipinski definition) is 5. The lowest BCUT2D eigenvalue weighted by Crippen LogP contribution is -2.28. The number of aromatic nitrogens is 1. The molecule has 0 spiro atoms. The van der Waals surface area contributed by atoms with Crippen molar-refractivity contribution in [2.24, 2.45) is 0 Å². The molecule has 1 amide bonds. The first-order valence-electron chi connectivity index (χ1n) is 11.0. The number of amides is 1. The third-order valence-electron chi connectivity index (χ3n) is 5.65. The molecule has 6 nitrogen and oxygen atoms in total. The van der Waals surface area contributed by atoms with E-state index >= 15 is 0 Å². The quantitative estimate of drug-likeness (QED) is 0.317. The molecule has 0 saturated heterocycles. The minimum atomic E-state index is -4.47. The first kappa shape index (κ1) is 24.3. The molecule has 9 heteroatoms. The zero-order valence-corrected chi connectivity index (χ0v) is 19.0. The van der Waals surface area contributed by atoms with E-state index < -0.39 is 17.6 Å². The Morgan fingerprint density at radius 2 is 1.74 bits per heavy atom. The number of carbonyl (C=O) groups excluding carboxylic acids is 1. The van der Waals surface area contributed by atoms with Gasteiger partial charge in [-0.3, -0.25) is 9.69 Å². The zero-order valence-electron chi connectivity index (χ0n) is 19.0. The van der Waals surface area contributed by atoms with Gasteiger partial charge in [-0.15, -0.1) is 0 Å². The fourth-order valence-corrected chi connectivity index (χ4v) is 3.76. The molecule has 182 valence electrons. The maximum atomic E-state index is 13.6. The summed E-state index contributed by atoms with van der Waals surface area (Å²) in [4.78, 5) is 18.5. The van der Waals surface area contributed by atoms with E-state index in [2.05, 4.69) is 10.3 Å². The van der Waals surface area contributed by atoms with Crippen LogP contribution in [0.15, 0.2) is 88.1 Å². The number of nitrogens with one attached hydrogen (secondary N) is 1. The maximum Gasteiger partial charge on any atom is 0.416 e. The van der Waals surface area contributed by atoms with Crippen molar-refractivity contribution in [2.45, 2.75) is 38.8 Å². The van der Waals surface area contributed by atoms with Crippen LogP contribution in [0.5, 0.6) is 0 Å². The van der Waals surface area contributed by atoms with E-state index in [4.69, 9.17) is 8.83 Å². The monoisotopic (exact) mass is 483 g/mol. The van der Waals surface area contributed by atoms with E-state index in [0.717, 1.165) is 11.6 Å².